The third-order valence-corrected chi connectivity index (χ3v) is 6.49. The number of fused-ring (bicyclic) bond motifs is 4. The Kier molecular flexibility index (Phi) is 3.91. The Hall–Kier alpha value is -2.78. The number of hydrogen-bond acceptors (Lipinski definition) is 8. The van der Waals surface area contributed by atoms with Crippen LogP contribution in [0, 0.1) is 0 Å². The predicted octanol–water partition coefficient (Wildman–Crippen LogP) is 2.47. The zero-order valence-corrected chi connectivity index (χ0v) is 16.6. The van der Waals surface area contributed by atoms with Crippen LogP contribution in [0.4, 0.5) is 5.82 Å². The molecule has 0 bridgehead atoms. The molecule has 0 spiro atoms. The van der Waals surface area contributed by atoms with Gasteiger partial charge in [0.25, 0.3) is 0 Å². The van der Waals surface area contributed by atoms with Gasteiger partial charge < -0.3 is 15.6 Å². The van der Waals surface area contributed by atoms with Gasteiger partial charge in [-0.25, -0.2) is 19.9 Å². The smallest absolute Gasteiger partial charge is 0.197 e. The van der Waals surface area contributed by atoms with E-state index in [0.29, 0.717) is 10.8 Å². The van der Waals surface area contributed by atoms with Gasteiger partial charge in [-0.2, -0.15) is 0 Å². The normalized spacial score (nSPS) is 18.8. The van der Waals surface area contributed by atoms with Crippen molar-refractivity contribution in [3.8, 4) is 0 Å². The highest BCUT2D eigenvalue weighted by atomic mass is 32.2. The van der Waals surface area contributed by atoms with E-state index in [9.17, 15) is 0 Å². The summed E-state index contributed by atoms with van der Waals surface area (Å²) in [7, 11) is 0. The summed E-state index contributed by atoms with van der Waals surface area (Å²) in [5.74, 6) is 1.01. The fraction of sp³-hybridized carbons (Fsp3) is 0.350. The number of anilines is 1. The Morgan fingerprint density at radius 3 is 2.93 bits per heavy atom. The Balaban J connectivity index is 1.45. The molecule has 1 atom stereocenters. The van der Waals surface area contributed by atoms with Crippen molar-refractivity contribution in [2.75, 3.05) is 18.0 Å². The SMILES string of the molecule is NC1CCN(c2nc(Sc3ccc4nccnc4n3)nc3[nH]c4c(c23)CCC4)C1. The van der Waals surface area contributed by atoms with Crippen molar-refractivity contribution in [3.63, 3.8) is 0 Å². The van der Waals surface area contributed by atoms with E-state index < -0.39 is 0 Å². The molecule has 1 saturated heterocycles. The van der Waals surface area contributed by atoms with Gasteiger partial charge in [-0.15, -0.1) is 0 Å². The number of nitrogens with one attached hydrogen (secondary N) is 1. The first-order chi connectivity index (χ1) is 14.2. The van der Waals surface area contributed by atoms with Gasteiger partial charge in [0.2, 0.25) is 0 Å². The summed E-state index contributed by atoms with van der Waals surface area (Å²) in [5, 5.41) is 2.66. The number of aromatic amines is 1. The molecule has 3 N–H and O–H groups in total. The topological polar surface area (TPSA) is 110 Å². The Morgan fingerprint density at radius 1 is 1.10 bits per heavy atom. The molecule has 1 unspecified atom stereocenters. The zero-order chi connectivity index (χ0) is 19.4. The van der Waals surface area contributed by atoms with E-state index in [2.05, 4.69) is 24.8 Å². The quantitative estimate of drug-likeness (QED) is 0.501. The molecule has 0 amide bonds. The minimum atomic E-state index is 0.198. The highest BCUT2D eigenvalue weighted by Gasteiger charge is 2.28. The van der Waals surface area contributed by atoms with Crippen LogP contribution < -0.4 is 10.6 Å². The van der Waals surface area contributed by atoms with Gasteiger partial charge in [0.15, 0.2) is 10.8 Å². The number of H-pyrrole nitrogens is 1. The summed E-state index contributed by atoms with van der Waals surface area (Å²) in [4.78, 5) is 28.8. The minimum Gasteiger partial charge on any atom is -0.354 e. The molecule has 0 saturated carbocycles. The maximum absolute atomic E-state index is 6.19. The van der Waals surface area contributed by atoms with Gasteiger partial charge in [-0.1, -0.05) is 0 Å². The maximum atomic E-state index is 6.19. The van der Waals surface area contributed by atoms with Crippen molar-refractivity contribution in [2.45, 2.75) is 41.9 Å². The summed E-state index contributed by atoms with van der Waals surface area (Å²) >= 11 is 1.45. The first-order valence-corrected chi connectivity index (χ1v) is 10.7. The van der Waals surface area contributed by atoms with Gasteiger partial charge in [-0.3, -0.25) is 4.98 Å². The minimum absolute atomic E-state index is 0.198. The van der Waals surface area contributed by atoms with E-state index in [4.69, 9.17) is 15.7 Å². The van der Waals surface area contributed by atoms with E-state index >= 15 is 0 Å². The summed E-state index contributed by atoms with van der Waals surface area (Å²) in [6.45, 7) is 1.77. The lowest BCUT2D eigenvalue weighted by Gasteiger charge is -2.19. The molecule has 9 heteroatoms. The molecule has 8 nitrogen and oxygen atoms in total. The van der Waals surface area contributed by atoms with Gasteiger partial charge in [0.05, 0.1) is 5.39 Å². The average Bonchev–Trinajstić information content (AvgIpc) is 3.43. The lowest BCUT2D eigenvalue weighted by molar-refractivity contribution is 0.751. The second-order valence-electron chi connectivity index (χ2n) is 7.63. The first kappa shape index (κ1) is 17.1. The molecule has 29 heavy (non-hydrogen) atoms. The molecule has 5 heterocycles. The molecular formula is C20H20N8S. The number of hydrogen-bond donors (Lipinski definition) is 2. The molecule has 1 aliphatic heterocycles. The van der Waals surface area contributed by atoms with Crippen LogP contribution in [0.1, 0.15) is 24.1 Å². The van der Waals surface area contributed by atoms with Crippen LogP contribution in [0.3, 0.4) is 0 Å². The van der Waals surface area contributed by atoms with Crippen LogP contribution in [-0.2, 0) is 12.8 Å². The zero-order valence-electron chi connectivity index (χ0n) is 15.8. The van der Waals surface area contributed by atoms with E-state index in [1.807, 2.05) is 12.1 Å². The van der Waals surface area contributed by atoms with Crippen molar-refractivity contribution in [1.29, 1.82) is 0 Å². The summed E-state index contributed by atoms with van der Waals surface area (Å²) in [6, 6.07) is 4.07. The van der Waals surface area contributed by atoms with E-state index in [1.54, 1.807) is 12.4 Å². The average molecular weight is 405 g/mol. The van der Waals surface area contributed by atoms with E-state index in [-0.39, 0.29) is 6.04 Å². The number of pyridine rings is 1. The number of rotatable bonds is 3. The van der Waals surface area contributed by atoms with Crippen LogP contribution in [0.5, 0.6) is 0 Å². The fourth-order valence-corrected chi connectivity index (χ4v) is 5.06. The molecule has 4 aromatic rings. The second kappa shape index (κ2) is 6.64. The van der Waals surface area contributed by atoms with Crippen molar-refractivity contribution in [1.82, 2.24) is 29.9 Å². The van der Waals surface area contributed by atoms with Gasteiger partial charge in [-0.05, 0) is 55.1 Å². The standard InChI is InChI=1S/C20H20N8S/c21-11-6-9-28(10-11)19-16-12-2-1-3-13(12)24-18(16)26-20(27-19)29-15-5-4-14-17(25-15)23-8-7-22-14/h4-5,7-8,11H,1-3,6,9-10,21H2,(H,24,26,27). The summed E-state index contributed by atoms with van der Waals surface area (Å²) in [6.07, 6.45) is 7.67. The molecule has 1 aliphatic carbocycles. The Bertz CT molecular complexity index is 1240. The highest BCUT2D eigenvalue weighted by Crippen LogP contribution is 2.37. The molecule has 146 valence electrons. The van der Waals surface area contributed by atoms with Crippen molar-refractivity contribution in [3.05, 3.63) is 35.8 Å². The molecular weight excluding hydrogens is 384 g/mol. The monoisotopic (exact) mass is 404 g/mol. The van der Waals surface area contributed by atoms with Gasteiger partial charge in [0.1, 0.15) is 22.0 Å². The van der Waals surface area contributed by atoms with E-state index in [1.165, 1.54) is 34.8 Å². The molecule has 0 aromatic carbocycles. The molecule has 1 fully saturated rings. The van der Waals surface area contributed by atoms with Crippen molar-refractivity contribution >= 4 is 39.8 Å². The van der Waals surface area contributed by atoms with E-state index in [0.717, 1.165) is 54.4 Å². The summed E-state index contributed by atoms with van der Waals surface area (Å²) in [5.41, 5.74) is 11.2. The van der Waals surface area contributed by atoms with Crippen LogP contribution in [-0.4, -0.2) is 49.0 Å². The molecule has 4 aromatic heterocycles. The lowest BCUT2D eigenvalue weighted by atomic mass is 10.2. The lowest BCUT2D eigenvalue weighted by Crippen LogP contribution is -2.27. The number of nitrogens with two attached hydrogens (primary N) is 1. The summed E-state index contributed by atoms with van der Waals surface area (Å²) < 4.78 is 0. The Labute approximate surface area is 171 Å². The largest absolute Gasteiger partial charge is 0.354 e. The van der Waals surface area contributed by atoms with Crippen molar-refractivity contribution < 1.29 is 0 Å². The predicted molar refractivity (Wildman–Crippen MR) is 112 cm³/mol. The van der Waals surface area contributed by atoms with Crippen LogP contribution in [0.25, 0.3) is 22.2 Å². The first-order valence-electron chi connectivity index (χ1n) is 9.92. The van der Waals surface area contributed by atoms with Gasteiger partial charge in [0, 0.05) is 37.2 Å². The highest BCUT2D eigenvalue weighted by molar-refractivity contribution is 7.99. The van der Waals surface area contributed by atoms with Crippen molar-refractivity contribution in [2.24, 2.45) is 5.73 Å². The number of nitrogens with zero attached hydrogens (tertiary/aromatic N) is 6. The Morgan fingerprint density at radius 2 is 2.03 bits per heavy atom. The molecule has 6 rings (SSSR count). The fourth-order valence-electron chi connectivity index (χ4n) is 4.34. The second-order valence-corrected chi connectivity index (χ2v) is 8.62. The van der Waals surface area contributed by atoms with Crippen LogP contribution in [0.2, 0.25) is 0 Å². The van der Waals surface area contributed by atoms with Crippen LogP contribution >= 0.6 is 11.8 Å². The molecule has 2 aliphatic rings. The third kappa shape index (κ3) is 2.92. The molecule has 0 radical (unpaired) electrons. The number of aromatic nitrogens is 6. The maximum Gasteiger partial charge on any atom is 0.197 e. The van der Waals surface area contributed by atoms with Gasteiger partial charge >= 0.3 is 0 Å². The van der Waals surface area contributed by atoms with Crippen LogP contribution in [0.15, 0.2) is 34.7 Å². The third-order valence-electron chi connectivity index (χ3n) is 5.68. The number of aryl methyl sites for hydroxylation is 2.